The first-order chi connectivity index (χ1) is 9.88. The number of hydrogen-bond donors (Lipinski definition) is 2. The summed E-state index contributed by atoms with van der Waals surface area (Å²) in [6.07, 6.45) is 0. The molecule has 2 aromatic carbocycles. The van der Waals surface area contributed by atoms with Crippen molar-refractivity contribution in [2.24, 2.45) is 0 Å². The van der Waals surface area contributed by atoms with Gasteiger partial charge in [-0.25, -0.2) is 4.39 Å². The van der Waals surface area contributed by atoms with Crippen molar-refractivity contribution in [1.29, 1.82) is 0 Å². The minimum absolute atomic E-state index is 0.154. The normalized spacial score (nSPS) is 10.3. The van der Waals surface area contributed by atoms with Crippen molar-refractivity contribution in [1.82, 2.24) is 0 Å². The van der Waals surface area contributed by atoms with Crippen LogP contribution in [0.5, 0.6) is 0 Å². The van der Waals surface area contributed by atoms with E-state index in [2.05, 4.69) is 5.32 Å². The second-order valence-corrected chi connectivity index (χ2v) is 5.11. The standard InChI is InChI=1S/C16H18FN3O/c1-10-4-6-14(12(17)8-10)19-16(21)11-5-7-15(20(2)3)13(18)9-11/h4-9H,18H2,1-3H3,(H,19,21). The van der Waals surface area contributed by atoms with Crippen molar-refractivity contribution in [2.75, 3.05) is 30.0 Å². The highest BCUT2D eigenvalue weighted by Gasteiger charge is 2.11. The van der Waals surface area contributed by atoms with Gasteiger partial charge in [-0.2, -0.15) is 0 Å². The van der Waals surface area contributed by atoms with Gasteiger partial charge in [0.15, 0.2) is 0 Å². The van der Waals surface area contributed by atoms with Crippen LogP contribution in [0.15, 0.2) is 36.4 Å². The Kier molecular flexibility index (Phi) is 4.12. The van der Waals surface area contributed by atoms with Gasteiger partial charge in [-0.05, 0) is 42.8 Å². The minimum Gasteiger partial charge on any atom is -0.397 e. The Morgan fingerprint density at radius 1 is 1.19 bits per heavy atom. The molecule has 5 heteroatoms. The first kappa shape index (κ1) is 14.8. The maximum absolute atomic E-state index is 13.7. The zero-order valence-corrected chi connectivity index (χ0v) is 12.3. The molecule has 0 spiro atoms. The van der Waals surface area contributed by atoms with E-state index in [9.17, 15) is 9.18 Å². The van der Waals surface area contributed by atoms with E-state index >= 15 is 0 Å². The molecule has 1 amide bonds. The Bertz CT molecular complexity index is 683. The molecule has 0 unspecified atom stereocenters. The van der Waals surface area contributed by atoms with Crippen molar-refractivity contribution < 1.29 is 9.18 Å². The third kappa shape index (κ3) is 3.31. The number of benzene rings is 2. The number of carbonyl (C=O) groups is 1. The second-order valence-electron chi connectivity index (χ2n) is 5.11. The Labute approximate surface area is 123 Å². The van der Waals surface area contributed by atoms with Crippen LogP contribution < -0.4 is 16.0 Å². The summed E-state index contributed by atoms with van der Waals surface area (Å²) in [5.74, 6) is -0.851. The summed E-state index contributed by atoms with van der Waals surface area (Å²) in [5, 5.41) is 2.55. The number of hydrogen-bond acceptors (Lipinski definition) is 3. The number of anilines is 3. The third-order valence-electron chi connectivity index (χ3n) is 3.14. The van der Waals surface area contributed by atoms with Crippen LogP contribution in [0.1, 0.15) is 15.9 Å². The number of aryl methyl sites for hydroxylation is 1. The quantitative estimate of drug-likeness (QED) is 0.853. The number of nitrogens with zero attached hydrogens (tertiary/aromatic N) is 1. The highest BCUT2D eigenvalue weighted by atomic mass is 19.1. The molecular weight excluding hydrogens is 269 g/mol. The molecule has 21 heavy (non-hydrogen) atoms. The van der Waals surface area contributed by atoms with Crippen LogP contribution in [0.4, 0.5) is 21.5 Å². The molecule has 2 aromatic rings. The number of amides is 1. The topological polar surface area (TPSA) is 58.4 Å². The van der Waals surface area contributed by atoms with Crippen molar-refractivity contribution in [3.8, 4) is 0 Å². The average Bonchev–Trinajstić information content (AvgIpc) is 2.41. The smallest absolute Gasteiger partial charge is 0.255 e. The lowest BCUT2D eigenvalue weighted by Gasteiger charge is -2.16. The lowest BCUT2D eigenvalue weighted by molar-refractivity contribution is 0.102. The van der Waals surface area contributed by atoms with E-state index in [-0.39, 0.29) is 5.69 Å². The van der Waals surface area contributed by atoms with Gasteiger partial charge in [-0.1, -0.05) is 6.07 Å². The van der Waals surface area contributed by atoms with Gasteiger partial charge in [0, 0.05) is 19.7 Å². The predicted octanol–water partition coefficient (Wildman–Crippen LogP) is 3.03. The zero-order chi connectivity index (χ0) is 15.6. The maximum atomic E-state index is 13.7. The molecule has 0 aliphatic heterocycles. The molecule has 0 fully saturated rings. The molecule has 0 radical (unpaired) electrons. The van der Waals surface area contributed by atoms with E-state index in [4.69, 9.17) is 5.73 Å². The van der Waals surface area contributed by atoms with E-state index in [1.54, 1.807) is 37.3 Å². The Hall–Kier alpha value is -2.56. The van der Waals surface area contributed by atoms with E-state index < -0.39 is 11.7 Å². The summed E-state index contributed by atoms with van der Waals surface area (Å²) in [6.45, 7) is 1.79. The molecule has 0 atom stereocenters. The molecule has 2 rings (SSSR count). The van der Waals surface area contributed by atoms with Gasteiger partial charge in [0.25, 0.3) is 5.91 Å². The maximum Gasteiger partial charge on any atom is 0.255 e. The monoisotopic (exact) mass is 287 g/mol. The van der Waals surface area contributed by atoms with E-state index in [0.717, 1.165) is 11.3 Å². The third-order valence-corrected chi connectivity index (χ3v) is 3.14. The van der Waals surface area contributed by atoms with E-state index in [1.165, 1.54) is 6.07 Å². The Morgan fingerprint density at radius 3 is 2.48 bits per heavy atom. The first-order valence-corrected chi connectivity index (χ1v) is 6.53. The molecular formula is C16H18FN3O. The van der Waals surface area contributed by atoms with E-state index in [1.807, 2.05) is 19.0 Å². The van der Waals surface area contributed by atoms with Crippen LogP contribution in [0.2, 0.25) is 0 Å². The highest BCUT2D eigenvalue weighted by molar-refractivity contribution is 6.05. The molecule has 0 aromatic heterocycles. The van der Waals surface area contributed by atoms with Gasteiger partial charge in [-0.3, -0.25) is 4.79 Å². The van der Waals surface area contributed by atoms with Gasteiger partial charge in [0.05, 0.1) is 17.1 Å². The van der Waals surface area contributed by atoms with Gasteiger partial charge in [0.1, 0.15) is 5.82 Å². The fraction of sp³-hybridized carbons (Fsp3) is 0.188. The highest BCUT2D eigenvalue weighted by Crippen LogP contribution is 2.23. The van der Waals surface area contributed by atoms with Crippen LogP contribution in [0.25, 0.3) is 0 Å². The van der Waals surface area contributed by atoms with Crippen LogP contribution >= 0.6 is 0 Å². The van der Waals surface area contributed by atoms with Gasteiger partial charge >= 0.3 is 0 Å². The van der Waals surface area contributed by atoms with Gasteiger partial charge in [-0.15, -0.1) is 0 Å². The largest absolute Gasteiger partial charge is 0.397 e. The first-order valence-electron chi connectivity index (χ1n) is 6.53. The summed E-state index contributed by atoms with van der Waals surface area (Å²) in [7, 11) is 3.74. The summed E-state index contributed by atoms with van der Waals surface area (Å²) >= 11 is 0. The number of nitrogens with one attached hydrogen (secondary N) is 1. The minimum atomic E-state index is -0.457. The Morgan fingerprint density at radius 2 is 1.90 bits per heavy atom. The van der Waals surface area contributed by atoms with E-state index in [0.29, 0.717) is 11.3 Å². The van der Waals surface area contributed by atoms with Crippen molar-refractivity contribution in [3.05, 3.63) is 53.3 Å². The molecule has 0 aliphatic rings. The number of nitrogens with two attached hydrogens (primary N) is 1. The lowest BCUT2D eigenvalue weighted by atomic mass is 10.1. The average molecular weight is 287 g/mol. The number of carbonyl (C=O) groups excluding carboxylic acids is 1. The van der Waals surface area contributed by atoms with Crippen LogP contribution in [0.3, 0.4) is 0 Å². The van der Waals surface area contributed by atoms with Crippen LogP contribution in [-0.2, 0) is 0 Å². The number of nitrogen functional groups attached to an aromatic ring is 1. The number of rotatable bonds is 3. The van der Waals surface area contributed by atoms with Gasteiger partial charge in [0.2, 0.25) is 0 Å². The second kappa shape index (κ2) is 5.83. The van der Waals surface area contributed by atoms with Crippen molar-refractivity contribution >= 4 is 23.0 Å². The Balaban J connectivity index is 2.22. The van der Waals surface area contributed by atoms with Crippen LogP contribution in [-0.4, -0.2) is 20.0 Å². The molecule has 4 nitrogen and oxygen atoms in total. The molecule has 110 valence electrons. The molecule has 3 N–H and O–H groups in total. The summed E-state index contributed by atoms with van der Waals surface area (Å²) < 4.78 is 13.7. The summed E-state index contributed by atoms with van der Waals surface area (Å²) in [4.78, 5) is 14.0. The van der Waals surface area contributed by atoms with Crippen molar-refractivity contribution in [2.45, 2.75) is 6.92 Å². The zero-order valence-electron chi connectivity index (χ0n) is 12.3. The van der Waals surface area contributed by atoms with Gasteiger partial charge < -0.3 is 16.0 Å². The molecule has 0 bridgehead atoms. The summed E-state index contributed by atoms with van der Waals surface area (Å²) in [5.41, 5.74) is 8.57. The van der Waals surface area contributed by atoms with Crippen LogP contribution in [0, 0.1) is 12.7 Å². The fourth-order valence-electron chi connectivity index (χ4n) is 2.02. The fourth-order valence-corrected chi connectivity index (χ4v) is 2.02. The molecule has 0 aliphatic carbocycles. The molecule has 0 saturated carbocycles. The predicted molar refractivity (Wildman–Crippen MR) is 84.3 cm³/mol. The molecule has 0 saturated heterocycles. The van der Waals surface area contributed by atoms with Crippen molar-refractivity contribution in [3.63, 3.8) is 0 Å². The molecule has 0 heterocycles. The SMILES string of the molecule is Cc1ccc(NC(=O)c2ccc(N(C)C)c(N)c2)c(F)c1. The lowest BCUT2D eigenvalue weighted by Crippen LogP contribution is -2.15. The summed E-state index contributed by atoms with van der Waals surface area (Å²) in [6, 6.07) is 9.65. The number of halogens is 1.